The number of carbonyl (C=O) groups is 1. The summed E-state index contributed by atoms with van der Waals surface area (Å²) in [5, 5.41) is 2.92. The highest BCUT2D eigenvalue weighted by Crippen LogP contribution is 2.30. The Morgan fingerprint density at radius 2 is 2.26 bits per heavy atom. The molecule has 0 bridgehead atoms. The van der Waals surface area contributed by atoms with Gasteiger partial charge >= 0.3 is 0 Å². The molecule has 0 aromatic heterocycles. The number of hydrogen-bond donors (Lipinski definition) is 2. The van der Waals surface area contributed by atoms with Gasteiger partial charge < -0.3 is 20.5 Å². The van der Waals surface area contributed by atoms with E-state index in [1.807, 2.05) is 18.2 Å². The topological polar surface area (TPSA) is 73.6 Å². The second-order valence-corrected chi connectivity index (χ2v) is 4.59. The lowest BCUT2D eigenvalue weighted by atomic mass is 10.2. The minimum atomic E-state index is 0.0340. The maximum absolute atomic E-state index is 11.5. The number of nitrogens with two attached hydrogens (primary N) is 1. The summed E-state index contributed by atoms with van der Waals surface area (Å²) in [7, 11) is 1.59. The highest BCUT2D eigenvalue weighted by molar-refractivity contribution is 5.76. The van der Waals surface area contributed by atoms with Crippen LogP contribution in [0.15, 0.2) is 18.2 Å². The first-order valence-corrected chi connectivity index (χ1v) is 6.52. The van der Waals surface area contributed by atoms with Crippen LogP contribution >= 0.6 is 0 Å². The van der Waals surface area contributed by atoms with Crippen LogP contribution in [0.4, 0.5) is 0 Å². The number of carbonyl (C=O) groups excluding carboxylic acids is 1. The molecule has 1 fully saturated rings. The summed E-state index contributed by atoms with van der Waals surface area (Å²) in [5.74, 6) is 1.31. The number of hydrogen-bond acceptors (Lipinski definition) is 4. The third kappa shape index (κ3) is 3.86. The Bertz CT molecular complexity index is 422. The standard InChI is InChI=1S/C14H20N2O3/c1-18-12-4-2-3-10(9-15)14(12)19-8-7-13(17)16-11-5-6-11/h2-4,11H,5-9,15H2,1H3,(H,16,17). The minimum absolute atomic E-state index is 0.0340. The number of amides is 1. The van der Waals surface area contributed by atoms with Crippen LogP contribution in [0.1, 0.15) is 24.8 Å². The van der Waals surface area contributed by atoms with E-state index < -0.39 is 0 Å². The Morgan fingerprint density at radius 1 is 1.47 bits per heavy atom. The molecule has 0 spiro atoms. The van der Waals surface area contributed by atoms with Crippen molar-refractivity contribution in [2.45, 2.75) is 31.8 Å². The van der Waals surface area contributed by atoms with E-state index in [2.05, 4.69) is 5.32 Å². The Balaban J connectivity index is 1.88. The summed E-state index contributed by atoms with van der Waals surface area (Å²) < 4.78 is 10.9. The number of methoxy groups -OCH3 is 1. The van der Waals surface area contributed by atoms with Crippen LogP contribution in [-0.2, 0) is 11.3 Å². The molecular weight excluding hydrogens is 244 g/mol. The van der Waals surface area contributed by atoms with Crippen molar-refractivity contribution < 1.29 is 14.3 Å². The quantitative estimate of drug-likeness (QED) is 0.776. The second-order valence-electron chi connectivity index (χ2n) is 4.59. The van der Waals surface area contributed by atoms with Gasteiger partial charge in [-0.05, 0) is 18.9 Å². The zero-order chi connectivity index (χ0) is 13.7. The molecular formula is C14H20N2O3. The monoisotopic (exact) mass is 264 g/mol. The van der Waals surface area contributed by atoms with Crippen LogP contribution < -0.4 is 20.5 Å². The molecule has 5 nitrogen and oxygen atoms in total. The molecule has 5 heteroatoms. The highest BCUT2D eigenvalue weighted by Gasteiger charge is 2.23. The van der Waals surface area contributed by atoms with Gasteiger partial charge in [0, 0.05) is 18.2 Å². The van der Waals surface area contributed by atoms with Gasteiger partial charge in [-0.1, -0.05) is 12.1 Å². The molecule has 3 N–H and O–H groups in total. The van der Waals surface area contributed by atoms with Crippen LogP contribution in [-0.4, -0.2) is 25.7 Å². The molecule has 0 atom stereocenters. The van der Waals surface area contributed by atoms with Gasteiger partial charge in [-0.15, -0.1) is 0 Å². The minimum Gasteiger partial charge on any atom is -0.493 e. The van der Waals surface area contributed by atoms with Gasteiger partial charge in [-0.3, -0.25) is 4.79 Å². The number of ether oxygens (including phenoxy) is 2. The molecule has 1 aromatic rings. The molecule has 0 unspecified atom stereocenters. The maximum Gasteiger partial charge on any atom is 0.223 e. The van der Waals surface area contributed by atoms with Crippen LogP contribution in [0.25, 0.3) is 0 Å². The molecule has 104 valence electrons. The molecule has 19 heavy (non-hydrogen) atoms. The van der Waals surface area contributed by atoms with E-state index in [4.69, 9.17) is 15.2 Å². The fraction of sp³-hybridized carbons (Fsp3) is 0.500. The number of nitrogens with one attached hydrogen (secondary N) is 1. The molecule has 0 saturated heterocycles. The van der Waals surface area contributed by atoms with E-state index in [9.17, 15) is 4.79 Å². The Hall–Kier alpha value is -1.75. The predicted molar refractivity (Wildman–Crippen MR) is 72.2 cm³/mol. The third-order valence-corrected chi connectivity index (χ3v) is 3.02. The van der Waals surface area contributed by atoms with Gasteiger partial charge in [0.1, 0.15) is 0 Å². The van der Waals surface area contributed by atoms with Crippen molar-refractivity contribution in [1.82, 2.24) is 5.32 Å². The Labute approximate surface area is 113 Å². The molecule has 1 aromatic carbocycles. The van der Waals surface area contributed by atoms with Gasteiger partial charge in [0.2, 0.25) is 5.91 Å². The number of benzene rings is 1. The van der Waals surface area contributed by atoms with E-state index in [1.165, 1.54) is 0 Å². The average molecular weight is 264 g/mol. The molecule has 1 amide bonds. The molecule has 0 radical (unpaired) electrons. The van der Waals surface area contributed by atoms with Crippen molar-refractivity contribution >= 4 is 5.91 Å². The van der Waals surface area contributed by atoms with Gasteiger partial charge in [0.25, 0.3) is 0 Å². The predicted octanol–water partition coefficient (Wildman–Crippen LogP) is 1.20. The molecule has 2 rings (SSSR count). The van der Waals surface area contributed by atoms with E-state index >= 15 is 0 Å². The van der Waals surface area contributed by atoms with Crippen LogP contribution in [0.2, 0.25) is 0 Å². The fourth-order valence-electron chi connectivity index (χ4n) is 1.82. The zero-order valence-electron chi connectivity index (χ0n) is 11.1. The number of rotatable bonds is 7. The largest absolute Gasteiger partial charge is 0.493 e. The van der Waals surface area contributed by atoms with Crippen molar-refractivity contribution in [3.05, 3.63) is 23.8 Å². The smallest absolute Gasteiger partial charge is 0.223 e. The summed E-state index contributed by atoms with van der Waals surface area (Å²) in [6, 6.07) is 5.97. The summed E-state index contributed by atoms with van der Waals surface area (Å²) in [6.45, 7) is 0.701. The van der Waals surface area contributed by atoms with E-state index in [1.54, 1.807) is 7.11 Å². The summed E-state index contributed by atoms with van der Waals surface area (Å²) >= 11 is 0. The SMILES string of the molecule is COc1cccc(CN)c1OCCC(=O)NC1CC1. The highest BCUT2D eigenvalue weighted by atomic mass is 16.5. The van der Waals surface area contributed by atoms with Crippen LogP contribution in [0.3, 0.4) is 0 Å². The average Bonchev–Trinajstić information content (AvgIpc) is 3.22. The Morgan fingerprint density at radius 3 is 2.89 bits per heavy atom. The molecule has 0 heterocycles. The Kier molecular flexibility index (Phi) is 4.63. The van der Waals surface area contributed by atoms with E-state index in [-0.39, 0.29) is 5.91 Å². The van der Waals surface area contributed by atoms with Gasteiger partial charge in [-0.25, -0.2) is 0 Å². The summed E-state index contributed by atoms with van der Waals surface area (Å²) in [4.78, 5) is 11.5. The van der Waals surface area contributed by atoms with Crippen molar-refractivity contribution in [1.29, 1.82) is 0 Å². The third-order valence-electron chi connectivity index (χ3n) is 3.02. The van der Waals surface area contributed by atoms with Gasteiger partial charge in [0.05, 0.1) is 20.1 Å². The molecule has 1 aliphatic carbocycles. The lowest BCUT2D eigenvalue weighted by Gasteiger charge is -2.14. The van der Waals surface area contributed by atoms with Crippen molar-refractivity contribution in [2.75, 3.05) is 13.7 Å². The van der Waals surface area contributed by atoms with Gasteiger partial charge in [-0.2, -0.15) is 0 Å². The summed E-state index contributed by atoms with van der Waals surface area (Å²) in [5.41, 5.74) is 6.54. The first-order chi connectivity index (χ1) is 9.24. The van der Waals surface area contributed by atoms with E-state index in [0.717, 1.165) is 18.4 Å². The normalized spacial score (nSPS) is 14.0. The summed E-state index contributed by atoms with van der Waals surface area (Å²) in [6.07, 6.45) is 2.53. The van der Waals surface area contributed by atoms with E-state index in [0.29, 0.717) is 37.1 Å². The maximum atomic E-state index is 11.5. The van der Waals surface area contributed by atoms with Crippen molar-refractivity contribution in [3.63, 3.8) is 0 Å². The van der Waals surface area contributed by atoms with Crippen LogP contribution in [0.5, 0.6) is 11.5 Å². The number of para-hydroxylation sites is 1. The molecule has 0 aliphatic heterocycles. The first kappa shape index (κ1) is 13.7. The zero-order valence-corrected chi connectivity index (χ0v) is 11.1. The van der Waals surface area contributed by atoms with Crippen molar-refractivity contribution in [3.8, 4) is 11.5 Å². The first-order valence-electron chi connectivity index (χ1n) is 6.52. The lowest BCUT2D eigenvalue weighted by molar-refractivity contribution is -0.121. The van der Waals surface area contributed by atoms with Crippen molar-refractivity contribution in [2.24, 2.45) is 5.73 Å². The molecule has 1 aliphatic rings. The molecule has 1 saturated carbocycles. The second kappa shape index (κ2) is 6.43. The van der Waals surface area contributed by atoms with Crippen LogP contribution in [0, 0.1) is 0 Å². The fourth-order valence-corrected chi connectivity index (χ4v) is 1.82. The lowest BCUT2D eigenvalue weighted by Crippen LogP contribution is -2.26. The van der Waals surface area contributed by atoms with Gasteiger partial charge in [0.15, 0.2) is 11.5 Å².